The van der Waals surface area contributed by atoms with Crippen LogP contribution < -0.4 is 5.32 Å². The lowest BCUT2D eigenvalue weighted by atomic mass is 10.1. The minimum absolute atomic E-state index is 0. The van der Waals surface area contributed by atoms with Crippen LogP contribution in [-0.4, -0.2) is 52.7 Å². The van der Waals surface area contributed by atoms with Crippen molar-refractivity contribution in [3.8, 4) is 0 Å². The zero-order chi connectivity index (χ0) is 14.7. The molecule has 0 radical (unpaired) electrons. The Balaban J connectivity index is 0.00000220. The number of hydrogen-bond donors (Lipinski definition) is 1. The van der Waals surface area contributed by atoms with Crippen LogP contribution in [0.25, 0.3) is 0 Å². The smallest absolute Gasteiger partial charge is 0.319 e. The third kappa shape index (κ3) is 4.77. The normalized spacial score (nSPS) is 21.0. The number of rotatable bonds is 4. The summed E-state index contributed by atoms with van der Waals surface area (Å²) in [6, 6.07) is -0.455. The summed E-state index contributed by atoms with van der Waals surface area (Å²) in [5.41, 5.74) is 0. The Kier molecular flexibility index (Phi) is 8.84. The first-order valence-electron chi connectivity index (χ1n) is 6.40. The number of nitrogens with one attached hydrogen (secondary N) is 1. The Labute approximate surface area is 140 Å². The molecular weight excluding hydrogens is 341 g/mol. The predicted octanol–water partition coefficient (Wildman–Crippen LogP) is 1.46. The number of amides is 1. The number of likely N-dealkylation sites (N-methyl/N-ethyl adjacent to an activating group) is 1. The molecule has 1 fully saturated rings. The Morgan fingerprint density at radius 3 is 2.86 bits per heavy atom. The van der Waals surface area contributed by atoms with E-state index in [1.54, 1.807) is 7.05 Å². The van der Waals surface area contributed by atoms with Gasteiger partial charge in [0.1, 0.15) is 11.9 Å². The molecule has 0 bridgehead atoms. The van der Waals surface area contributed by atoms with E-state index >= 15 is 0 Å². The van der Waals surface area contributed by atoms with Crippen LogP contribution in [-0.2, 0) is 16.1 Å². The molecule has 128 valence electrons. The third-order valence-electron chi connectivity index (χ3n) is 3.30. The maximum atomic E-state index is 12.7. The lowest BCUT2D eigenvalue weighted by Gasteiger charge is -2.32. The van der Waals surface area contributed by atoms with Gasteiger partial charge in [0.05, 0.1) is 19.3 Å². The van der Waals surface area contributed by atoms with Gasteiger partial charge in [0.15, 0.2) is 0 Å². The van der Waals surface area contributed by atoms with Gasteiger partial charge < -0.3 is 15.0 Å². The molecule has 1 N–H and O–H groups in total. The molecule has 2 atom stereocenters. The maximum absolute atomic E-state index is 12.7. The van der Waals surface area contributed by atoms with Crippen molar-refractivity contribution >= 4 is 30.7 Å². The summed E-state index contributed by atoms with van der Waals surface area (Å²) in [6.45, 7) is 0.333. The number of imidazole rings is 1. The SMILES string of the molecule is C[C@H]1OCCN[C@@H]1C(=O)N(C)Cc1nccn1C(F)F.Cl.Cl. The van der Waals surface area contributed by atoms with E-state index in [9.17, 15) is 13.6 Å². The van der Waals surface area contributed by atoms with Crippen molar-refractivity contribution in [2.45, 2.75) is 32.2 Å². The number of carbonyl (C=O) groups is 1. The molecule has 6 nitrogen and oxygen atoms in total. The molecule has 0 spiro atoms. The Morgan fingerprint density at radius 1 is 1.59 bits per heavy atom. The first kappa shape index (κ1) is 21.0. The summed E-state index contributed by atoms with van der Waals surface area (Å²) in [6.07, 6.45) is 2.25. The van der Waals surface area contributed by atoms with Crippen LogP contribution in [0.1, 0.15) is 19.3 Å². The average Bonchev–Trinajstić information content (AvgIpc) is 2.86. The highest BCUT2D eigenvalue weighted by atomic mass is 35.5. The van der Waals surface area contributed by atoms with E-state index in [2.05, 4.69) is 10.3 Å². The first-order valence-corrected chi connectivity index (χ1v) is 6.40. The zero-order valence-corrected chi connectivity index (χ0v) is 13.9. The van der Waals surface area contributed by atoms with Crippen molar-refractivity contribution in [3.05, 3.63) is 18.2 Å². The fraction of sp³-hybridized carbons (Fsp3) is 0.667. The van der Waals surface area contributed by atoms with Crippen LogP contribution in [0, 0.1) is 0 Å². The quantitative estimate of drug-likeness (QED) is 0.882. The van der Waals surface area contributed by atoms with Crippen LogP contribution in [0.5, 0.6) is 0 Å². The van der Waals surface area contributed by atoms with Gasteiger partial charge >= 0.3 is 6.55 Å². The van der Waals surface area contributed by atoms with Gasteiger partial charge in [0, 0.05) is 26.0 Å². The van der Waals surface area contributed by atoms with Gasteiger partial charge in [-0.05, 0) is 6.92 Å². The van der Waals surface area contributed by atoms with E-state index in [1.165, 1.54) is 17.3 Å². The largest absolute Gasteiger partial charge is 0.375 e. The first-order chi connectivity index (χ1) is 9.50. The van der Waals surface area contributed by atoms with Crippen LogP contribution in [0.3, 0.4) is 0 Å². The number of ether oxygens (including phenoxy) is 1. The molecule has 0 saturated carbocycles. The van der Waals surface area contributed by atoms with Gasteiger partial charge in [-0.2, -0.15) is 8.78 Å². The molecule has 1 saturated heterocycles. The van der Waals surface area contributed by atoms with Crippen LogP contribution in [0.4, 0.5) is 8.78 Å². The molecule has 1 aliphatic rings. The Hall–Kier alpha value is -0.960. The van der Waals surface area contributed by atoms with Crippen molar-refractivity contribution in [3.63, 3.8) is 0 Å². The molecule has 1 aliphatic heterocycles. The highest BCUT2D eigenvalue weighted by Crippen LogP contribution is 2.14. The summed E-state index contributed by atoms with van der Waals surface area (Å²) in [4.78, 5) is 17.5. The fourth-order valence-corrected chi connectivity index (χ4v) is 2.18. The van der Waals surface area contributed by atoms with E-state index in [4.69, 9.17) is 4.74 Å². The highest BCUT2D eigenvalue weighted by molar-refractivity contribution is 5.85. The molecule has 10 heteroatoms. The molecule has 1 aromatic heterocycles. The van der Waals surface area contributed by atoms with Crippen LogP contribution >= 0.6 is 24.8 Å². The molecular formula is C12H20Cl2F2N4O2. The molecule has 22 heavy (non-hydrogen) atoms. The van der Waals surface area contributed by atoms with Gasteiger partial charge in [-0.3, -0.25) is 9.36 Å². The van der Waals surface area contributed by atoms with E-state index in [0.717, 1.165) is 4.57 Å². The van der Waals surface area contributed by atoms with Crippen LogP contribution in [0.15, 0.2) is 12.4 Å². The van der Waals surface area contributed by atoms with Crippen LogP contribution in [0.2, 0.25) is 0 Å². The standard InChI is InChI=1S/C12H18F2N4O2.2ClH/c1-8-10(16-4-6-20-8)11(19)17(2)7-9-15-3-5-18(9)12(13)14;;/h3,5,8,10,12,16H,4,6-7H2,1-2H3;2*1H/t8-,10+;;/m1../s1. The third-order valence-corrected chi connectivity index (χ3v) is 3.30. The zero-order valence-electron chi connectivity index (χ0n) is 12.2. The van der Waals surface area contributed by atoms with Gasteiger partial charge in [-0.25, -0.2) is 4.98 Å². The van der Waals surface area contributed by atoms with E-state index in [1.807, 2.05) is 6.92 Å². The number of morpholine rings is 1. The Morgan fingerprint density at radius 2 is 2.27 bits per heavy atom. The minimum Gasteiger partial charge on any atom is -0.375 e. The highest BCUT2D eigenvalue weighted by Gasteiger charge is 2.31. The molecule has 0 aliphatic carbocycles. The van der Waals surface area contributed by atoms with Crippen molar-refractivity contribution in [1.82, 2.24) is 19.8 Å². The number of carbonyl (C=O) groups excluding carboxylic acids is 1. The molecule has 0 aromatic carbocycles. The van der Waals surface area contributed by atoms with Gasteiger partial charge in [-0.1, -0.05) is 0 Å². The summed E-state index contributed by atoms with van der Waals surface area (Å²) < 4.78 is 31.6. The van der Waals surface area contributed by atoms with E-state index in [0.29, 0.717) is 13.2 Å². The number of halogens is 4. The topological polar surface area (TPSA) is 59.4 Å². The van der Waals surface area contributed by atoms with E-state index in [-0.39, 0.29) is 49.2 Å². The lowest BCUT2D eigenvalue weighted by molar-refractivity contribution is -0.138. The summed E-state index contributed by atoms with van der Waals surface area (Å²) >= 11 is 0. The van der Waals surface area contributed by atoms with Gasteiger partial charge in [-0.15, -0.1) is 24.8 Å². The number of alkyl halides is 2. The second kappa shape index (κ2) is 9.24. The lowest BCUT2D eigenvalue weighted by Crippen LogP contribution is -2.55. The number of nitrogens with zero attached hydrogens (tertiary/aromatic N) is 3. The predicted molar refractivity (Wildman–Crippen MR) is 81.7 cm³/mol. The average molecular weight is 361 g/mol. The number of aromatic nitrogens is 2. The van der Waals surface area contributed by atoms with Crippen molar-refractivity contribution < 1.29 is 18.3 Å². The monoisotopic (exact) mass is 360 g/mol. The van der Waals surface area contributed by atoms with Crippen molar-refractivity contribution in [2.24, 2.45) is 0 Å². The summed E-state index contributed by atoms with van der Waals surface area (Å²) in [7, 11) is 1.57. The van der Waals surface area contributed by atoms with Crippen molar-refractivity contribution in [1.29, 1.82) is 0 Å². The molecule has 0 unspecified atom stereocenters. The molecule has 1 amide bonds. The fourth-order valence-electron chi connectivity index (χ4n) is 2.18. The molecule has 1 aromatic rings. The summed E-state index contributed by atoms with van der Waals surface area (Å²) in [5, 5.41) is 3.07. The van der Waals surface area contributed by atoms with Gasteiger partial charge in [0.2, 0.25) is 5.91 Å². The number of hydrogen-bond acceptors (Lipinski definition) is 4. The van der Waals surface area contributed by atoms with Crippen molar-refractivity contribution in [2.75, 3.05) is 20.2 Å². The summed E-state index contributed by atoms with van der Waals surface area (Å²) in [5.74, 6) is -0.0405. The Bertz CT molecular complexity index is 476. The van der Waals surface area contributed by atoms with Gasteiger partial charge in [0.25, 0.3) is 0 Å². The maximum Gasteiger partial charge on any atom is 0.319 e. The molecule has 2 rings (SSSR count). The van der Waals surface area contributed by atoms with E-state index < -0.39 is 12.6 Å². The second-order valence-corrected chi connectivity index (χ2v) is 4.73. The minimum atomic E-state index is -2.66. The molecule has 2 heterocycles. The second-order valence-electron chi connectivity index (χ2n) is 4.73.